The Balaban J connectivity index is 2.94. The van der Waals surface area contributed by atoms with Gasteiger partial charge >= 0.3 is 5.97 Å². The molecule has 1 aromatic rings. The molecule has 0 aliphatic rings. The maximum Gasteiger partial charge on any atom is 0.303 e. The quantitative estimate of drug-likeness (QED) is 0.508. The fourth-order valence-corrected chi connectivity index (χ4v) is 3.54. The molecule has 0 aliphatic heterocycles. The molecule has 1 heterocycles. The van der Waals surface area contributed by atoms with Crippen LogP contribution in [0.25, 0.3) is 0 Å². The first-order valence-electron chi connectivity index (χ1n) is 8.88. The van der Waals surface area contributed by atoms with Gasteiger partial charge < -0.3 is 10.0 Å². The van der Waals surface area contributed by atoms with Crippen molar-refractivity contribution in [1.29, 1.82) is 0 Å². The Bertz CT molecular complexity index is 704. The average molecular weight is 384 g/mol. The van der Waals surface area contributed by atoms with Crippen molar-refractivity contribution in [3.8, 4) is 0 Å². The zero-order chi connectivity index (χ0) is 19.6. The zero-order valence-corrected chi connectivity index (χ0v) is 16.4. The van der Waals surface area contributed by atoms with E-state index in [1.807, 2.05) is 4.90 Å². The third kappa shape index (κ3) is 7.86. The van der Waals surface area contributed by atoms with E-state index in [0.717, 1.165) is 25.7 Å². The van der Waals surface area contributed by atoms with Gasteiger partial charge in [-0.05, 0) is 31.9 Å². The van der Waals surface area contributed by atoms with Crippen LogP contribution in [0, 0.1) is 0 Å². The Labute approximate surface area is 156 Å². The van der Waals surface area contributed by atoms with Gasteiger partial charge in [0.05, 0.1) is 0 Å². The predicted octanol–water partition coefficient (Wildman–Crippen LogP) is 3.15. The number of nitrogens with zero attached hydrogens (tertiary/aromatic N) is 2. The highest BCUT2D eigenvalue weighted by Gasteiger charge is 2.17. The molecule has 0 aliphatic carbocycles. The van der Waals surface area contributed by atoms with Crippen LogP contribution in [-0.2, 0) is 14.8 Å². The van der Waals surface area contributed by atoms with Crippen LogP contribution in [0.4, 0.5) is 5.82 Å². The van der Waals surface area contributed by atoms with Crippen LogP contribution in [0.15, 0.2) is 35.5 Å². The summed E-state index contributed by atoms with van der Waals surface area (Å²) in [7, 11) is -3.76. The van der Waals surface area contributed by atoms with Gasteiger partial charge in [0.15, 0.2) is 5.03 Å². The highest BCUT2D eigenvalue weighted by atomic mass is 32.2. The van der Waals surface area contributed by atoms with Crippen LogP contribution in [0.5, 0.6) is 0 Å². The molecule has 0 saturated carbocycles. The van der Waals surface area contributed by atoms with Crippen LogP contribution in [-0.4, -0.2) is 37.6 Å². The molecule has 0 fully saturated rings. The number of hydrogen-bond donors (Lipinski definition) is 2. The number of anilines is 1. The minimum atomic E-state index is -3.76. The number of nitrogens with one attached hydrogen (secondary N) is 1. The van der Waals surface area contributed by atoms with Gasteiger partial charge in [-0.15, -0.1) is 0 Å². The van der Waals surface area contributed by atoms with E-state index in [0.29, 0.717) is 31.0 Å². The summed E-state index contributed by atoms with van der Waals surface area (Å²) in [6.07, 6.45) is 4.82. The van der Waals surface area contributed by atoms with E-state index in [-0.39, 0.29) is 11.4 Å². The van der Waals surface area contributed by atoms with Gasteiger partial charge in [-0.1, -0.05) is 38.8 Å². The summed E-state index contributed by atoms with van der Waals surface area (Å²) in [6, 6.07) is 4.83. The predicted molar refractivity (Wildman–Crippen MR) is 103 cm³/mol. The van der Waals surface area contributed by atoms with Crippen LogP contribution >= 0.6 is 0 Å². The molecule has 0 aromatic carbocycles. The molecule has 0 saturated heterocycles. The van der Waals surface area contributed by atoms with Crippen molar-refractivity contribution < 1.29 is 18.3 Å². The highest BCUT2D eigenvalue weighted by molar-refractivity contribution is 7.89. The van der Waals surface area contributed by atoms with E-state index >= 15 is 0 Å². The number of carboxylic acids is 1. The van der Waals surface area contributed by atoms with Gasteiger partial charge in [0.1, 0.15) is 5.82 Å². The molecule has 0 radical (unpaired) electrons. The van der Waals surface area contributed by atoms with E-state index in [9.17, 15) is 13.2 Å². The number of allylic oxidation sites excluding steroid dienone is 1. The smallest absolute Gasteiger partial charge is 0.303 e. The lowest BCUT2D eigenvalue weighted by molar-refractivity contribution is -0.137. The Morgan fingerprint density at radius 1 is 1.23 bits per heavy atom. The molecule has 1 aromatic heterocycles. The lowest BCUT2D eigenvalue weighted by atomic mass is 10.2. The van der Waals surface area contributed by atoms with Crippen LogP contribution in [0.2, 0.25) is 0 Å². The maximum atomic E-state index is 12.3. The molecule has 7 nitrogen and oxygen atoms in total. The average Bonchev–Trinajstić information content (AvgIpc) is 2.56. The van der Waals surface area contributed by atoms with Crippen molar-refractivity contribution in [3.05, 3.63) is 30.5 Å². The van der Waals surface area contributed by atoms with Crippen LogP contribution in [0.1, 0.15) is 52.4 Å². The minimum Gasteiger partial charge on any atom is -0.481 e. The first-order chi connectivity index (χ1) is 12.3. The Morgan fingerprint density at radius 2 is 1.92 bits per heavy atom. The second-order valence-corrected chi connectivity index (χ2v) is 7.89. The summed E-state index contributed by atoms with van der Waals surface area (Å²) in [5.41, 5.74) is 0.315. The molecule has 0 amide bonds. The Kier molecular flexibility index (Phi) is 9.12. The highest BCUT2D eigenvalue weighted by Crippen LogP contribution is 2.17. The normalized spacial score (nSPS) is 11.2. The van der Waals surface area contributed by atoms with Crippen molar-refractivity contribution in [2.75, 3.05) is 18.0 Å². The molecule has 146 valence electrons. The molecule has 0 spiro atoms. The lowest BCUT2D eigenvalue weighted by Gasteiger charge is -2.24. The standard InChI is InChI=1S/C18H29N3O4S/c1-4-5-6-7-13-21(14-9-12-18(22)23)16-10-8-11-17(19-16)26(24,25)20-15(2)3/h8,10-11,20H,2,4-7,9,12-14H2,1,3H3,(H,22,23). The molecular formula is C18H29N3O4S. The fraction of sp³-hybridized carbons (Fsp3) is 0.556. The fourth-order valence-electron chi connectivity index (χ4n) is 2.50. The molecule has 0 bridgehead atoms. The summed E-state index contributed by atoms with van der Waals surface area (Å²) in [4.78, 5) is 17.0. The number of pyridine rings is 1. The Hall–Kier alpha value is -2.09. The van der Waals surface area contributed by atoms with E-state index in [4.69, 9.17) is 5.11 Å². The maximum absolute atomic E-state index is 12.3. The van der Waals surface area contributed by atoms with E-state index in [1.54, 1.807) is 19.1 Å². The van der Waals surface area contributed by atoms with Crippen molar-refractivity contribution in [3.63, 3.8) is 0 Å². The van der Waals surface area contributed by atoms with Gasteiger partial charge in [-0.3, -0.25) is 9.52 Å². The molecule has 26 heavy (non-hydrogen) atoms. The summed E-state index contributed by atoms with van der Waals surface area (Å²) >= 11 is 0. The van der Waals surface area contributed by atoms with E-state index in [2.05, 4.69) is 23.2 Å². The second kappa shape index (κ2) is 10.8. The monoisotopic (exact) mass is 383 g/mol. The number of carboxylic acid groups (broad SMARTS) is 1. The second-order valence-electron chi connectivity index (χ2n) is 6.26. The number of carbonyl (C=O) groups is 1. The third-order valence-electron chi connectivity index (χ3n) is 3.72. The largest absolute Gasteiger partial charge is 0.481 e. The van der Waals surface area contributed by atoms with E-state index in [1.165, 1.54) is 6.07 Å². The summed E-state index contributed by atoms with van der Waals surface area (Å²) in [5, 5.41) is 8.77. The van der Waals surface area contributed by atoms with Crippen molar-refractivity contribution >= 4 is 21.8 Å². The number of aromatic nitrogens is 1. The van der Waals surface area contributed by atoms with Gasteiger partial charge in [0.2, 0.25) is 0 Å². The summed E-state index contributed by atoms with van der Waals surface area (Å²) < 4.78 is 26.9. The number of rotatable bonds is 13. The van der Waals surface area contributed by atoms with Crippen molar-refractivity contribution in [1.82, 2.24) is 9.71 Å². The van der Waals surface area contributed by atoms with Crippen molar-refractivity contribution in [2.45, 2.75) is 57.4 Å². The number of sulfonamides is 1. The first-order valence-corrected chi connectivity index (χ1v) is 10.4. The minimum absolute atomic E-state index is 0.0701. The van der Waals surface area contributed by atoms with E-state index < -0.39 is 16.0 Å². The Morgan fingerprint density at radius 3 is 2.54 bits per heavy atom. The number of unbranched alkanes of at least 4 members (excludes halogenated alkanes) is 3. The SMILES string of the molecule is C=C(C)NS(=O)(=O)c1cccc(N(CCCCCC)CCCC(=O)O)n1. The third-order valence-corrected chi connectivity index (χ3v) is 5.11. The van der Waals surface area contributed by atoms with Crippen molar-refractivity contribution in [2.24, 2.45) is 0 Å². The molecule has 8 heteroatoms. The molecular weight excluding hydrogens is 354 g/mol. The number of aliphatic carboxylic acids is 1. The first kappa shape index (κ1) is 22.0. The lowest BCUT2D eigenvalue weighted by Crippen LogP contribution is -2.28. The number of hydrogen-bond acceptors (Lipinski definition) is 5. The topological polar surface area (TPSA) is 99.6 Å². The van der Waals surface area contributed by atoms with Gasteiger partial charge in [-0.25, -0.2) is 4.98 Å². The molecule has 0 atom stereocenters. The van der Waals surface area contributed by atoms with Gasteiger partial charge in [0, 0.05) is 25.2 Å². The molecule has 2 N–H and O–H groups in total. The van der Waals surface area contributed by atoms with Crippen LogP contribution < -0.4 is 9.62 Å². The summed E-state index contributed by atoms with van der Waals surface area (Å²) in [5.74, 6) is -0.303. The molecule has 0 unspecified atom stereocenters. The van der Waals surface area contributed by atoms with Gasteiger partial charge in [0.25, 0.3) is 10.0 Å². The van der Waals surface area contributed by atoms with Crippen LogP contribution in [0.3, 0.4) is 0 Å². The summed E-state index contributed by atoms with van der Waals surface area (Å²) in [6.45, 7) is 8.48. The molecule has 1 rings (SSSR count). The zero-order valence-electron chi connectivity index (χ0n) is 15.6. The van der Waals surface area contributed by atoms with Gasteiger partial charge in [-0.2, -0.15) is 8.42 Å².